The van der Waals surface area contributed by atoms with E-state index in [-0.39, 0.29) is 30.9 Å². The van der Waals surface area contributed by atoms with Crippen molar-refractivity contribution in [3.63, 3.8) is 0 Å². The van der Waals surface area contributed by atoms with Crippen molar-refractivity contribution < 1.29 is 19.5 Å². The molecule has 2 aliphatic heterocycles. The van der Waals surface area contributed by atoms with Crippen molar-refractivity contribution in [1.29, 1.82) is 0 Å². The second-order valence-corrected chi connectivity index (χ2v) is 10.9. The molecule has 3 N–H and O–H groups in total. The Labute approximate surface area is 244 Å². The largest absolute Gasteiger partial charge is 0.395 e. The van der Waals surface area contributed by atoms with Crippen molar-refractivity contribution in [2.75, 3.05) is 59.5 Å². The lowest BCUT2D eigenvalue weighted by Gasteiger charge is -2.36. The minimum absolute atomic E-state index is 0.0304. The molecule has 0 radical (unpaired) electrons. The highest BCUT2D eigenvalue weighted by molar-refractivity contribution is 6.30. The maximum Gasteiger partial charge on any atom is 0.255 e. The van der Waals surface area contributed by atoms with Gasteiger partial charge >= 0.3 is 0 Å². The topological polar surface area (TPSA) is 118 Å². The lowest BCUT2D eigenvalue weighted by molar-refractivity contribution is -0.129. The average molecular weight is 579 g/mol. The molecule has 5 rings (SSSR count). The van der Waals surface area contributed by atoms with Gasteiger partial charge in [-0.25, -0.2) is 0 Å². The number of piperazine rings is 1. The third-order valence-corrected chi connectivity index (χ3v) is 8.05. The first kappa shape index (κ1) is 28.9. The van der Waals surface area contributed by atoms with Gasteiger partial charge in [0.15, 0.2) is 0 Å². The fourth-order valence-electron chi connectivity index (χ4n) is 5.61. The Morgan fingerprint density at radius 3 is 2.44 bits per heavy atom. The summed E-state index contributed by atoms with van der Waals surface area (Å²) in [4.78, 5) is 50.7. The number of fused-ring (bicyclic) bond motifs is 2. The summed E-state index contributed by atoms with van der Waals surface area (Å²) in [5.41, 5.74) is 3.80. The molecule has 3 amide bonds. The number of rotatable bonds is 8. The normalized spacial score (nSPS) is 16.7. The number of aliphatic hydroxyl groups excluding tert-OH is 1. The van der Waals surface area contributed by atoms with Gasteiger partial charge in [0.25, 0.3) is 5.91 Å². The van der Waals surface area contributed by atoms with Crippen molar-refractivity contribution in [1.82, 2.24) is 30.3 Å². The molecule has 216 valence electrons. The van der Waals surface area contributed by atoms with E-state index in [4.69, 9.17) is 16.6 Å². The second kappa shape index (κ2) is 12.9. The van der Waals surface area contributed by atoms with Crippen LogP contribution in [0.25, 0.3) is 10.9 Å². The number of aliphatic hydroxyl groups is 1. The molecule has 1 unspecified atom stereocenters. The number of pyridine rings is 1. The molecule has 2 aliphatic rings. The maximum atomic E-state index is 14.0. The van der Waals surface area contributed by atoms with Crippen LogP contribution in [0.5, 0.6) is 0 Å². The number of hydrogen-bond acceptors (Lipinski definition) is 7. The van der Waals surface area contributed by atoms with Crippen molar-refractivity contribution >= 4 is 40.2 Å². The standard InChI is InChI=1S/C30H35ClN6O4/c1-32-29(40)28(20-6-8-21(31)9-7-20)34-26(39)19-36-11-10-25-23(18-36)27(22-4-2-3-5-24(22)33-25)30(41)37-14-12-35(13-15-37)16-17-38/h2-9,28,38H,10-19H2,1H3,(H,32,40)(H,34,39). The molecule has 0 saturated carbocycles. The lowest BCUT2D eigenvalue weighted by atomic mass is 9.94. The molecule has 0 bridgehead atoms. The number of para-hydroxylation sites is 1. The van der Waals surface area contributed by atoms with Gasteiger partial charge in [-0.15, -0.1) is 0 Å². The van der Waals surface area contributed by atoms with Crippen LogP contribution in [0.15, 0.2) is 48.5 Å². The summed E-state index contributed by atoms with van der Waals surface area (Å²) in [5.74, 6) is -0.650. The average Bonchev–Trinajstić information content (AvgIpc) is 2.99. The molecule has 11 heteroatoms. The first-order chi connectivity index (χ1) is 19.9. The van der Waals surface area contributed by atoms with Gasteiger partial charge in [-0.05, 0) is 23.8 Å². The third-order valence-electron chi connectivity index (χ3n) is 7.80. The van der Waals surface area contributed by atoms with Gasteiger partial charge in [0.05, 0.1) is 24.2 Å². The molecule has 10 nitrogen and oxygen atoms in total. The molecular formula is C30H35ClN6O4. The van der Waals surface area contributed by atoms with Crippen LogP contribution in [0, 0.1) is 0 Å². The zero-order chi connectivity index (χ0) is 28.9. The van der Waals surface area contributed by atoms with E-state index < -0.39 is 6.04 Å². The summed E-state index contributed by atoms with van der Waals surface area (Å²) in [6.07, 6.45) is 0.605. The molecule has 0 aliphatic carbocycles. The van der Waals surface area contributed by atoms with Crippen LogP contribution in [-0.2, 0) is 22.6 Å². The second-order valence-electron chi connectivity index (χ2n) is 10.4. The molecule has 3 aromatic rings. The lowest BCUT2D eigenvalue weighted by Crippen LogP contribution is -2.50. The van der Waals surface area contributed by atoms with Crippen LogP contribution in [0.1, 0.15) is 33.2 Å². The summed E-state index contributed by atoms with van der Waals surface area (Å²) in [6.45, 7) is 4.37. The molecule has 41 heavy (non-hydrogen) atoms. The molecule has 1 saturated heterocycles. The SMILES string of the molecule is CNC(=O)C(NC(=O)CN1CCc2nc3ccccc3c(C(=O)N3CCN(CCO)CC3)c2C1)c1ccc(Cl)cc1. The number of aromatic nitrogens is 1. The van der Waals surface area contributed by atoms with E-state index in [1.54, 1.807) is 24.3 Å². The molecule has 1 fully saturated rings. The highest BCUT2D eigenvalue weighted by atomic mass is 35.5. The van der Waals surface area contributed by atoms with Gasteiger partial charge < -0.3 is 20.6 Å². The number of carbonyl (C=O) groups is 3. The van der Waals surface area contributed by atoms with Crippen LogP contribution in [-0.4, -0.2) is 102 Å². The van der Waals surface area contributed by atoms with Gasteiger partial charge in [-0.2, -0.15) is 0 Å². The quantitative estimate of drug-likeness (QED) is 0.372. The Bertz CT molecular complexity index is 1420. The summed E-state index contributed by atoms with van der Waals surface area (Å²) in [7, 11) is 1.53. The van der Waals surface area contributed by atoms with E-state index in [0.29, 0.717) is 68.4 Å². The number of benzene rings is 2. The van der Waals surface area contributed by atoms with Gasteiger partial charge in [0, 0.05) is 80.9 Å². The van der Waals surface area contributed by atoms with E-state index in [0.717, 1.165) is 22.2 Å². The summed E-state index contributed by atoms with van der Waals surface area (Å²) < 4.78 is 0. The molecule has 2 aromatic carbocycles. The molecular weight excluding hydrogens is 544 g/mol. The Kier molecular flexibility index (Phi) is 9.14. The highest BCUT2D eigenvalue weighted by Gasteiger charge is 2.31. The summed E-state index contributed by atoms with van der Waals surface area (Å²) in [5, 5.41) is 16.1. The van der Waals surface area contributed by atoms with Gasteiger partial charge in [-0.3, -0.25) is 29.2 Å². The first-order valence-corrected chi connectivity index (χ1v) is 14.3. The molecule has 1 aromatic heterocycles. The number of nitrogens with zero attached hydrogens (tertiary/aromatic N) is 4. The van der Waals surface area contributed by atoms with E-state index in [2.05, 4.69) is 15.5 Å². The van der Waals surface area contributed by atoms with Gasteiger partial charge in [0.2, 0.25) is 11.8 Å². The minimum Gasteiger partial charge on any atom is -0.395 e. The molecule has 1 atom stereocenters. The van der Waals surface area contributed by atoms with E-state index in [1.807, 2.05) is 34.1 Å². The fourth-order valence-corrected chi connectivity index (χ4v) is 5.73. The van der Waals surface area contributed by atoms with Crippen molar-refractivity contribution in [3.8, 4) is 0 Å². The molecule has 3 heterocycles. The summed E-state index contributed by atoms with van der Waals surface area (Å²) in [6, 6.07) is 13.7. The zero-order valence-electron chi connectivity index (χ0n) is 23.1. The van der Waals surface area contributed by atoms with Crippen LogP contribution in [0.3, 0.4) is 0 Å². The maximum absolute atomic E-state index is 14.0. The first-order valence-electron chi connectivity index (χ1n) is 13.9. The van der Waals surface area contributed by atoms with E-state index >= 15 is 0 Å². The van der Waals surface area contributed by atoms with Gasteiger partial charge in [-0.1, -0.05) is 41.9 Å². The monoisotopic (exact) mass is 578 g/mol. The minimum atomic E-state index is -0.853. The van der Waals surface area contributed by atoms with Crippen LogP contribution < -0.4 is 10.6 Å². The van der Waals surface area contributed by atoms with E-state index in [9.17, 15) is 19.5 Å². The molecule has 0 spiro atoms. The number of carbonyl (C=O) groups excluding carboxylic acids is 3. The van der Waals surface area contributed by atoms with Crippen LogP contribution >= 0.6 is 11.6 Å². The predicted octanol–water partition coefficient (Wildman–Crippen LogP) is 1.60. The summed E-state index contributed by atoms with van der Waals surface area (Å²) >= 11 is 6.01. The third kappa shape index (κ3) is 6.51. The number of β-amino-alcohol motifs (C(OH)–C–C–N with tert-alkyl or cyclic N) is 1. The van der Waals surface area contributed by atoms with Gasteiger partial charge in [0.1, 0.15) is 6.04 Å². The Morgan fingerprint density at radius 1 is 1.00 bits per heavy atom. The number of hydrogen-bond donors (Lipinski definition) is 3. The zero-order valence-corrected chi connectivity index (χ0v) is 23.9. The number of amides is 3. The highest BCUT2D eigenvalue weighted by Crippen LogP contribution is 2.29. The number of likely N-dealkylation sites (N-methyl/N-ethyl adjacent to an activating group) is 1. The van der Waals surface area contributed by atoms with Crippen molar-refractivity contribution in [2.45, 2.75) is 19.0 Å². The predicted molar refractivity (Wildman–Crippen MR) is 157 cm³/mol. The van der Waals surface area contributed by atoms with E-state index in [1.165, 1.54) is 7.05 Å². The Morgan fingerprint density at radius 2 is 1.73 bits per heavy atom. The van der Waals surface area contributed by atoms with Crippen molar-refractivity contribution in [2.24, 2.45) is 0 Å². The number of halogens is 1. The number of nitrogens with one attached hydrogen (secondary N) is 2. The Balaban J connectivity index is 1.36. The Hall–Kier alpha value is -3.57. The van der Waals surface area contributed by atoms with Crippen molar-refractivity contribution in [3.05, 3.63) is 75.9 Å². The van der Waals surface area contributed by atoms with Crippen LogP contribution in [0.2, 0.25) is 5.02 Å². The smallest absolute Gasteiger partial charge is 0.255 e. The van der Waals surface area contributed by atoms with Crippen LogP contribution in [0.4, 0.5) is 0 Å². The fraction of sp³-hybridized carbons (Fsp3) is 0.400.